The summed E-state index contributed by atoms with van der Waals surface area (Å²) in [6.07, 6.45) is 1.94. The molecule has 4 heteroatoms. The molecule has 0 radical (unpaired) electrons. The van der Waals surface area contributed by atoms with Gasteiger partial charge in [0.15, 0.2) is 5.78 Å². The van der Waals surface area contributed by atoms with Crippen LogP contribution in [0.1, 0.15) is 15.2 Å². The van der Waals surface area contributed by atoms with Gasteiger partial charge in [-0.3, -0.25) is 4.79 Å². The summed E-state index contributed by atoms with van der Waals surface area (Å²) in [5.74, 6) is 0.520. The molecule has 0 spiro atoms. The molecule has 2 heterocycles. The molecule has 0 aliphatic heterocycles. The number of nitrogen functional groups attached to an aromatic ring is 1. The average Bonchev–Trinajstić information content (AvgIpc) is 2.74. The Kier molecular flexibility index (Phi) is 2.78. The van der Waals surface area contributed by atoms with Gasteiger partial charge in [-0.15, -0.1) is 11.3 Å². The highest BCUT2D eigenvalue weighted by Gasteiger charge is 2.09. The lowest BCUT2D eigenvalue weighted by molar-refractivity contribution is 0.0997. The second-order valence-corrected chi connectivity index (χ2v) is 4.07. The summed E-state index contributed by atoms with van der Waals surface area (Å²) in [4.78, 5) is 16.5. The second kappa shape index (κ2) is 4.23. The smallest absolute Gasteiger partial charge is 0.177 e. The molecule has 0 aliphatic carbocycles. The van der Waals surface area contributed by atoms with Gasteiger partial charge in [0.25, 0.3) is 0 Å². The van der Waals surface area contributed by atoms with E-state index in [0.717, 1.165) is 10.4 Å². The summed E-state index contributed by atoms with van der Waals surface area (Å²) in [5, 5.41) is 1.89. The number of rotatable bonds is 3. The molecule has 0 amide bonds. The van der Waals surface area contributed by atoms with Crippen molar-refractivity contribution in [1.82, 2.24) is 4.98 Å². The highest BCUT2D eigenvalue weighted by atomic mass is 32.1. The van der Waals surface area contributed by atoms with E-state index in [1.807, 2.05) is 23.6 Å². The summed E-state index contributed by atoms with van der Waals surface area (Å²) >= 11 is 1.45. The van der Waals surface area contributed by atoms with Crippen molar-refractivity contribution in [2.24, 2.45) is 0 Å². The molecular weight excluding hydrogens is 208 g/mol. The van der Waals surface area contributed by atoms with E-state index in [4.69, 9.17) is 5.73 Å². The van der Waals surface area contributed by atoms with Crippen molar-refractivity contribution in [2.75, 3.05) is 5.73 Å². The van der Waals surface area contributed by atoms with Gasteiger partial charge in [0.05, 0.1) is 4.88 Å². The van der Waals surface area contributed by atoms with Crippen molar-refractivity contribution in [3.63, 3.8) is 0 Å². The maximum Gasteiger partial charge on any atom is 0.177 e. The standard InChI is InChI=1S/C11H10N2OS/c12-11-8(3-1-5-13-11)7-9(14)10-4-2-6-15-10/h1-6H,7H2,(H2,12,13). The van der Waals surface area contributed by atoms with Crippen LogP contribution in [0.25, 0.3) is 0 Å². The van der Waals surface area contributed by atoms with Crippen LogP contribution in [0.5, 0.6) is 0 Å². The first kappa shape index (κ1) is 9.86. The van der Waals surface area contributed by atoms with Crippen LogP contribution in [0.3, 0.4) is 0 Å². The third kappa shape index (κ3) is 2.22. The molecule has 0 fully saturated rings. The molecule has 0 unspecified atom stereocenters. The van der Waals surface area contributed by atoms with Crippen LogP contribution in [0, 0.1) is 0 Å². The zero-order chi connectivity index (χ0) is 10.7. The molecule has 2 aromatic heterocycles. The molecular formula is C11H10N2OS. The molecule has 2 N–H and O–H groups in total. The number of ketones is 1. The molecule has 15 heavy (non-hydrogen) atoms. The number of nitrogens with two attached hydrogens (primary N) is 1. The number of Topliss-reactive ketones (excluding diaryl/α,β-unsaturated/α-hetero) is 1. The third-order valence-corrected chi connectivity index (χ3v) is 2.98. The average molecular weight is 218 g/mol. The van der Waals surface area contributed by atoms with Crippen LogP contribution in [0.15, 0.2) is 35.8 Å². The van der Waals surface area contributed by atoms with Gasteiger partial charge in [0, 0.05) is 18.2 Å². The topological polar surface area (TPSA) is 56.0 Å². The van der Waals surface area contributed by atoms with Crippen LogP contribution in [-0.4, -0.2) is 10.8 Å². The zero-order valence-electron chi connectivity index (χ0n) is 8.01. The van der Waals surface area contributed by atoms with Crippen LogP contribution >= 0.6 is 11.3 Å². The number of hydrogen-bond acceptors (Lipinski definition) is 4. The molecule has 0 aromatic carbocycles. The Hall–Kier alpha value is -1.68. The summed E-state index contributed by atoms with van der Waals surface area (Å²) in [6, 6.07) is 7.30. The Morgan fingerprint density at radius 1 is 1.40 bits per heavy atom. The Bertz CT molecular complexity index is 465. The molecule has 0 aliphatic rings. The first-order valence-corrected chi connectivity index (χ1v) is 5.41. The molecule has 0 saturated carbocycles. The lowest BCUT2D eigenvalue weighted by Gasteiger charge is -2.01. The van der Waals surface area contributed by atoms with Gasteiger partial charge >= 0.3 is 0 Å². The maximum atomic E-state index is 11.8. The Labute approximate surface area is 91.6 Å². The van der Waals surface area contributed by atoms with Crippen LogP contribution < -0.4 is 5.73 Å². The van der Waals surface area contributed by atoms with Gasteiger partial charge in [0.1, 0.15) is 5.82 Å². The van der Waals surface area contributed by atoms with Crippen molar-refractivity contribution in [3.05, 3.63) is 46.3 Å². The predicted molar refractivity (Wildman–Crippen MR) is 61.0 cm³/mol. The summed E-state index contributed by atoms with van der Waals surface area (Å²) in [5.41, 5.74) is 6.45. The van der Waals surface area contributed by atoms with Crippen molar-refractivity contribution < 1.29 is 4.79 Å². The van der Waals surface area contributed by atoms with Gasteiger partial charge in [-0.1, -0.05) is 12.1 Å². The molecule has 2 rings (SSSR count). The van der Waals surface area contributed by atoms with E-state index in [0.29, 0.717) is 12.2 Å². The van der Waals surface area contributed by atoms with E-state index in [-0.39, 0.29) is 5.78 Å². The van der Waals surface area contributed by atoms with Crippen LogP contribution in [-0.2, 0) is 6.42 Å². The number of pyridine rings is 1. The lowest BCUT2D eigenvalue weighted by Crippen LogP contribution is -2.05. The van der Waals surface area contributed by atoms with Gasteiger partial charge < -0.3 is 5.73 Å². The number of aromatic nitrogens is 1. The van der Waals surface area contributed by atoms with Crippen molar-refractivity contribution in [3.8, 4) is 0 Å². The Balaban J connectivity index is 2.17. The molecule has 2 aromatic rings. The monoisotopic (exact) mass is 218 g/mol. The fourth-order valence-corrected chi connectivity index (χ4v) is 1.96. The number of hydrogen-bond donors (Lipinski definition) is 1. The fourth-order valence-electron chi connectivity index (χ4n) is 1.30. The normalized spacial score (nSPS) is 10.1. The van der Waals surface area contributed by atoms with E-state index >= 15 is 0 Å². The van der Waals surface area contributed by atoms with Gasteiger partial charge in [-0.05, 0) is 17.5 Å². The second-order valence-electron chi connectivity index (χ2n) is 3.13. The first-order chi connectivity index (χ1) is 7.27. The predicted octanol–water partition coefficient (Wildman–Crippen LogP) is 2.15. The highest BCUT2D eigenvalue weighted by Crippen LogP contribution is 2.15. The van der Waals surface area contributed by atoms with E-state index < -0.39 is 0 Å². The minimum absolute atomic E-state index is 0.0877. The summed E-state index contributed by atoms with van der Waals surface area (Å²) < 4.78 is 0. The Morgan fingerprint density at radius 2 is 2.27 bits per heavy atom. The van der Waals surface area contributed by atoms with Crippen molar-refractivity contribution in [2.45, 2.75) is 6.42 Å². The number of carbonyl (C=O) groups excluding carboxylic acids is 1. The van der Waals surface area contributed by atoms with Crippen LogP contribution in [0.4, 0.5) is 5.82 Å². The van der Waals surface area contributed by atoms with E-state index in [1.165, 1.54) is 11.3 Å². The summed E-state index contributed by atoms with van der Waals surface area (Å²) in [7, 11) is 0. The SMILES string of the molecule is Nc1ncccc1CC(=O)c1cccs1. The highest BCUT2D eigenvalue weighted by molar-refractivity contribution is 7.12. The minimum Gasteiger partial charge on any atom is -0.383 e. The number of carbonyl (C=O) groups is 1. The quantitative estimate of drug-likeness (QED) is 0.803. The Morgan fingerprint density at radius 3 is 2.93 bits per heavy atom. The van der Waals surface area contributed by atoms with Gasteiger partial charge in [-0.2, -0.15) is 0 Å². The number of thiophene rings is 1. The first-order valence-electron chi connectivity index (χ1n) is 4.53. The third-order valence-electron chi connectivity index (χ3n) is 2.07. The van der Waals surface area contributed by atoms with Crippen LogP contribution in [0.2, 0.25) is 0 Å². The van der Waals surface area contributed by atoms with Gasteiger partial charge in [-0.25, -0.2) is 4.98 Å². The summed E-state index contributed by atoms with van der Waals surface area (Å²) in [6.45, 7) is 0. The molecule has 76 valence electrons. The van der Waals surface area contributed by atoms with Crippen molar-refractivity contribution in [1.29, 1.82) is 0 Å². The fraction of sp³-hybridized carbons (Fsp3) is 0.0909. The minimum atomic E-state index is 0.0877. The number of nitrogens with zero attached hydrogens (tertiary/aromatic N) is 1. The molecule has 0 bridgehead atoms. The lowest BCUT2D eigenvalue weighted by atomic mass is 10.1. The molecule has 0 atom stereocenters. The van der Waals surface area contributed by atoms with Crippen molar-refractivity contribution >= 4 is 22.9 Å². The van der Waals surface area contributed by atoms with E-state index in [2.05, 4.69) is 4.98 Å². The zero-order valence-corrected chi connectivity index (χ0v) is 8.83. The van der Waals surface area contributed by atoms with E-state index in [9.17, 15) is 4.79 Å². The molecule has 0 saturated heterocycles. The molecule has 3 nitrogen and oxygen atoms in total. The maximum absolute atomic E-state index is 11.8. The van der Waals surface area contributed by atoms with Gasteiger partial charge in [0.2, 0.25) is 0 Å². The van der Waals surface area contributed by atoms with E-state index in [1.54, 1.807) is 12.3 Å². The largest absolute Gasteiger partial charge is 0.383 e. The number of anilines is 1.